The molecular formula is C20H26FN6O3+. The van der Waals surface area contributed by atoms with Gasteiger partial charge in [0.15, 0.2) is 12.0 Å². The van der Waals surface area contributed by atoms with E-state index in [-0.39, 0.29) is 29.4 Å². The summed E-state index contributed by atoms with van der Waals surface area (Å²) in [5.74, 6) is -0.290. The first-order valence-electron chi connectivity index (χ1n) is 9.70. The van der Waals surface area contributed by atoms with Gasteiger partial charge < -0.3 is 14.5 Å². The van der Waals surface area contributed by atoms with E-state index in [0.717, 1.165) is 12.8 Å². The molecule has 0 spiro atoms. The number of nitrogens with two attached hydrogens (primary N) is 1. The zero-order valence-corrected chi connectivity index (χ0v) is 17.2. The van der Waals surface area contributed by atoms with E-state index >= 15 is 0 Å². The van der Waals surface area contributed by atoms with Crippen LogP contribution in [0.25, 0.3) is 0 Å². The number of aliphatic hydroxyl groups is 1. The van der Waals surface area contributed by atoms with Crippen LogP contribution in [-0.2, 0) is 5.60 Å². The van der Waals surface area contributed by atoms with Crippen LogP contribution >= 0.6 is 0 Å². The van der Waals surface area contributed by atoms with Crippen LogP contribution in [0.2, 0.25) is 0 Å². The van der Waals surface area contributed by atoms with Crippen molar-refractivity contribution in [3.63, 3.8) is 0 Å². The molecule has 1 fully saturated rings. The van der Waals surface area contributed by atoms with Gasteiger partial charge in [-0.05, 0) is 51.8 Å². The molecule has 1 aliphatic heterocycles. The topological polar surface area (TPSA) is 129 Å². The van der Waals surface area contributed by atoms with E-state index in [0.29, 0.717) is 17.9 Å². The van der Waals surface area contributed by atoms with Crippen molar-refractivity contribution in [1.82, 2.24) is 15.0 Å². The molecule has 1 aromatic carbocycles. The fraction of sp³-hybridized carbons (Fsp3) is 0.450. The third-order valence-corrected chi connectivity index (χ3v) is 5.03. The van der Waals surface area contributed by atoms with Gasteiger partial charge in [0.1, 0.15) is 17.6 Å². The molecule has 3 rings (SSSR count). The Hall–Kier alpha value is -3.14. The van der Waals surface area contributed by atoms with E-state index in [9.17, 15) is 14.3 Å². The van der Waals surface area contributed by atoms with Crippen LogP contribution in [0.5, 0.6) is 0 Å². The minimum absolute atomic E-state index is 0.0202. The summed E-state index contributed by atoms with van der Waals surface area (Å²) in [5.41, 5.74) is 1.96. The minimum Gasteiger partial charge on any atom is -0.381 e. The molecule has 2 heterocycles. The molecule has 0 unspecified atom stereocenters. The number of nitrogens with one attached hydrogen (secondary N) is 1. The predicted molar refractivity (Wildman–Crippen MR) is 109 cm³/mol. The Kier molecular flexibility index (Phi) is 6.25. The molecule has 160 valence electrons. The molecule has 0 saturated carbocycles. The third kappa shape index (κ3) is 4.70. The van der Waals surface area contributed by atoms with Crippen molar-refractivity contribution in [2.75, 3.05) is 12.0 Å². The molecule has 2 aromatic rings. The Balaban J connectivity index is 1.84. The molecule has 4 N–H and O–H groups in total. The lowest BCUT2D eigenvalue weighted by Crippen LogP contribution is -2.45. The number of likely N-dealkylation sites (tertiary alicyclic amines) is 1. The smallest absolute Gasteiger partial charge is 0.258 e. The second kappa shape index (κ2) is 8.70. The first kappa shape index (κ1) is 21.6. The van der Waals surface area contributed by atoms with E-state index in [1.165, 1.54) is 30.6 Å². The number of nitrogens with zero attached hydrogens (tertiary/aromatic N) is 4. The van der Waals surface area contributed by atoms with E-state index in [4.69, 9.17) is 9.93 Å². The Labute approximate surface area is 173 Å². The highest BCUT2D eigenvalue weighted by Gasteiger charge is 2.34. The van der Waals surface area contributed by atoms with Crippen LogP contribution in [0.15, 0.2) is 27.8 Å². The van der Waals surface area contributed by atoms with Gasteiger partial charge >= 0.3 is 0 Å². The number of hydrogen-bond donors (Lipinski definition) is 3. The summed E-state index contributed by atoms with van der Waals surface area (Å²) in [6.45, 7) is 5.47. The Morgan fingerprint density at radius 2 is 2.23 bits per heavy atom. The Bertz CT molecular complexity index is 952. The summed E-state index contributed by atoms with van der Waals surface area (Å²) in [6.07, 6.45) is 4.04. The summed E-state index contributed by atoms with van der Waals surface area (Å²) in [5, 5.41) is 23.2. The number of carbonyl (C=O) groups is 1. The zero-order valence-electron chi connectivity index (χ0n) is 17.2. The quantitative estimate of drug-likeness (QED) is 0.476. The molecule has 30 heavy (non-hydrogen) atoms. The van der Waals surface area contributed by atoms with E-state index in [1.54, 1.807) is 18.7 Å². The molecule has 0 aliphatic carbocycles. The predicted octanol–water partition coefficient (Wildman–Crippen LogP) is 1.07. The second-order valence-electron chi connectivity index (χ2n) is 7.87. The number of piperidine rings is 1. The molecule has 9 nitrogen and oxygen atoms in total. The number of halogens is 1. The summed E-state index contributed by atoms with van der Waals surface area (Å²) in [6, 6.07) is 3.85. The maximum absolute atomic E-state index is 13.7. The van der Waals surface area contributed by atoms with Crippen LogP contribution in [0.3, 0.4) is 0 Å². The van der Waals surface area contributed by atoms with Gasteiger partial charge in [-0.1, -0.05) is 5.16 Å². The van der Waals surface area contributed by atoms with Crippen molar-refractivity contribution >= 4 is 24.0 Å². The Morgan fingerprint density at radius 1 is 1.47 bits per heavy atom. The van der Waals surface area contributed by atoms with Crippen molar-refractivity contribution in [3.05, 3.63) is 41.3 Å². The fourth-order valence-electron chi connectivity index (χ4n) is 3.35. The van der Waals surface area contributed by atoms with Crippen LogP contribution < -0.4 is 10.8 Å². The zero-order chi connectivity index (χ0) is 21.9. The number of amides is 1. The number of hydrogen-bond acceptors (Lipinski definition) is 7. The fourth-order valence-corrected chi connectivity index (χ4v) is 3.35. The monoisotopic (exact) mass is 417 g/mol. The van der Waals surface area contributed by atoms with Crippen LogP contribution in [0, 0.1) is 5.82 Å². The normalized spacial score (nSPS) is 19.8. The third-order valence-electron chi connectivity index (χ3n) is 5.03. The highest BCUT2D eigenvalue weighted by molar-refractivity contribution is 6.13. The van der Waals surface area contributed by atoms with Gasteiger partial charge in [0, 0.05) is 18.5 Å². The number of rotatable bonds is 6. The van der Waals surface area contributed by atoms with Gasteiger partial charge in [0.2, 0.25) is 0 Å². The number of benzene rings is 1. The van der Waals surface area contributed by atoms with Crippen molar-refractivity contribution in [3.8, 4) is 0 Å². The van der Waals surface area contributed by atoms with Gasteiger partial charge in [-0.15, -0.1) is 0 Å². The average Bonchev–Trinajstić information content (AvgIpc) is 3.19. The molecule has 0 radical (unpaired) electrons. The molecular weight excluding hydrogens is 391 g/mol. The molecule has 2 atom stereocenters. The molecule has 1 amide bonds. The molecule has 1 aromatic heterocycles. The van der Waals surface area contributed by atoms with Gasteiger partial charge in [-0.2, -0.15) is 10.1 Å². The highest BCUT2D eigenvalue weighted by Crippen LogP contribution is 2.32. The molecule has 10 heteroatoms. The van der Waals surface area contributed by atoms with Gasteiger partial charge in [-0.25, -0.2) is 4.39 Å². The minimum atomic E-state index is -1.24. The van der Waals surface area contributed by atoms with Crippen molar-refractivity contribution in [2.45, 2.75) is 51.2 Å². The standard InChI is InChI=1S/C20H25FN6O3/c1-12-4-5-13(17-24-19(30-26-17)20(2,3)29)11-27(12)18(28)15-7-6-14(21)10-16(15)25-23-9-8-22/h6-10,12-13,22,25,29H,4-5,11H2,1-3H3/p+1/b22-8?,23-9-/t12-,13-/m1/s1. The summed E-state index contributed by atoms with van der Waals surface area (Å²) >= 11 is 0. The van der Waals surface area contributed by atoms with E-state index < -0.39 is 11.4 Å². The molecule has 0 bridgehead atoms. The summed E-state index contributed by atoms with van der Waals surface area (Å²) in [7, 11) is 0. The number of carbonyl (C=O) groups excluding carboxylic acids is 1. The first-order valence-corrected chi connectivity index (χ1v) is 9.70. The van der Waals surface area contributed by atoms with Crippen LogP contribution in [0.4, 0.5) is 10.1 Å². The number of aromatic nitrogens is 2. The van der Waals surface area contributed by atoms with Gasteiger partial charge in [-0.3, -0.25) is 15.6 Å². The van der Waals surface area contributed by atoms with E-state index in [2.05, 4.69) is 20.7 Å². The van der Waals surface area contributed by atoms with Crippen LogP contribution in [-0.4, -0.2) is 51.1 Å². The summed E-state index contributed by atoms with van der Waals surface area (Å²) in [4.78, 5) is 19.3. The lowest BCUT2D eigenvalue weighted by atomic mass is 9.92. The average molecular weight is 417 g/mol. The van der Waals surface area contributed by atoms with Gasteiger partial charge in [0.25, 0.3) is 11.8 Å². The van der Waals surface area contributed by atoms with Crippen LogP contribution in [0.1, 0.15) is 61.6 Å². The number of hydrazone groups is 1. The van der Waals surface area contributed by atoms with Crippen molar-refractivity contribution < 1.29 is 24.2 Å². The van der Waals surface area contributed by atoms with E-state index in [1.807, 2.05) is 6.92 Å². The lowest BCUT2D eigenvalue weighted by molar-refractivity contribution is -0.102. The first-order chi connectivity index (χ1) is 14.2. The SMILES string of the molecule is C[C@@H]1CC[C@@H](c2noc(C(C)(C)O)n2)CN1C(=O)c1ccc(F)cc1N/N=C\C=[NH2+]. The van der Waals surface area contributed by atoms with Crippen molar-refractivity contribution in [2.24, 2.45) is 5.10 Å². The maximum atomic E-state index is 13.7. The lowest BCUT2D eigenvalue weighted by Gasteiger charge is -2.37. The van der Waals surface area contributed by atoms with Crippen molar-refractivity contribution in [1.29, 1.82) is 0 Å². The van der Waals surface area contributed by atoms with Gasteiger partial charge in [0.05, 0.1) is 11.3 Å². The second-order valence-corrected chi connectivity index (χ2v) is 7.87. The summed E-state index contributed by atoms with van der Waals surface area (Å²) < 4.78 is 18.9. The number of anilines is 1. The Morgan fingerprint density at radius 3 is 2.90 bits per heavy atom. The largest absolute Gasteiger partial charge is 0.381 e. The highest BCUT2D eigenvalue weighted by atomic mass is 19.1. The maximum Gasteiger partial charge on any atom is 0.258 e. The molecule has 1 aliphatic rings. The molecule has 1 saturated heterocycles.